The first-order valence-electron chi connectivity index (χ1n) is 7.25. The Kier molecular flexibility index (Phi) is 5.38. The number of nitrogens with one attached hydrogen (secondary N) is 1. The lowest BCUT2D eigenvalue weighted by molar-refractivity contribution is 0.545. The van der Waals surface area contributed by atoms with Crippen LogP contribution in [0.5, 0.6) is 0 Å². The molecule has 3 heteroatoms. The quantitative estimate of drug-likeness (QED) is 0.820. The number of aryl methyl sites for hydroxylation is 2. The Balaban J connectivity index is 2.30. The first-order valence-corrected chi connectivity index (χ1v) is 7.63. The van der Waals surface area contributed by atoms with Gasteiger partial charge in [-0.05, 0) is 61.2 Å². The zero-order valence-electron chi connectivity index (χ0n) is 12.7. The van der Waals surface area contributed by atoms with Gasteiger partial charge >= 0.3 is 0 Å². The molecule has 112 valence electrons. The van der Waals surface area contributed by atoms with E-state index >= 15 is 0 Å². The summed E-state index contributed by atoms with van der Waals surface area (Å²) in [7, 11) is 0. The van der Waals surface area contributed by atoms with Gasteiger partial charge in [-0.1, -0.05) is 42.8 Å². The van der Waals surface area contributed by atoms with Crippen molar-refractivity contribution >= 4 is 11.6 Å². The third-order valence-electron chi connectivity index (χ3n) is 3.64. The maximum absolute atomic E-state index is 13.8. The van der Waals surface area contributed by atoms with Crippen molar-refractivity contribution in [1.29, 1.82) is 0 Å². The average Bonchev–Trinajstić information content (AvgIpc) is 2.44. The molecule has 0 bridgehead atoms. The van der Waals surface area contributed by atoms with E-state index in [1.165, 1.54) is 5.56 Å². The van der Waals surface area contributed by atoms with E-state index in [0.29, 0.717) is 11.1 Å². The van der Waals surface area contributed by atoms with Gasteiger partial charge in [0.05, 0.1) is 0 Å². The van der Waals surface area contributed by atoms with Crippen molar-refractivity contribution < 1.29 is 4.39 Å². The van der Waals surface area contributed by atoms with Crippen molar-refractivity contribution in [3.8, 4) is 0 Å². The first-order chi connectivity index (χ1) is 10.0. The van der Waals surface area contributed by atoms with Gasteiger partial charge in [0.1, 0.15) is 5.82 Å². The molecule has 1 nitrogen and oxygen atoms in total. The van der Waals surface area contributed by atoms with Crippen LogP contribution >= 0.6 is 11.6 Å². The summed E-state index contributed by atoms with van der Waals surface area (Å²) in [6, 6.07) is 11.9. The van der Waals surface area contributed by atoms with Gasteiger partial charge in [0.2, 0.25) is 0 Å². The SMILES string of the molecule is CCNC(Cc1cccc(Cl)c1)c1cc(C)c(F)c(C)c1. The Bertz CT molecular complexity index is 601. The van der Waals surface area contributed by atoms with Crippen molar-refractivity contribution in [3.05, 3.63) is 69.5 Å². The van der Waals surface area contributed by atoms with E-state index in [4.69, 9.17) is 11.6 Å². The Labute approximate surface area is 131 Å². The molecular weight excluding hydrogens is 285 g/mol. The smallest absolute Gasteiger partial charge is 0.129 e. The molecular formula is C18H21ClFN. The highest BCUT2D eigenvalue weighted by molar-refractivity contribution is 6.30. The van der Waals surface area contributed by atoms with Crippen molar-refractivity contribution in [1.82, 2.24) is 5.32 Å². The molecule has 2 rings (SSSR count). The molecule has 2 aromatic rings. The topological polar surface area (TPSA) is 12.0 Å². The molecule has 0 amide bonds. The molecule has 0 radical (unpaired) electrons. The van der Waals surface area contributed by atoms with Gasteiger partial charge < -0.3 is 5.32 Å². The largest absolute Gasteiger partial charge is 0.310 e. The van der Waals surface area contributed by atoms with Crippen LogP contribution in [0.1, 0.15) is 35.2 Å². The average molecular weight is 306 g/mol. The standard InChI is InChI=1S/C18H21ClFN/c1-4-21-17(11-14-6-5-7-16(19)10-14)15-8-12(2)18(20)13(3)9-15/h5-10,17,21H,4,11H2,1-3H3. The summed E-state index contributed by atoms with van der Waals surface area (Å²) in [4.78, 5) is 0. The Hall–Kier alpha value is -1.38. The van der Waals surface area contributed by atoms with Crippen LogP contribution in [0.4, 0.5) is 4.39 Å². The second-order valence-electron chi connectivity index (χ2n) is 5.41. The number of hydrogen-bond donors (Lipinski definition) is 1. The molecule has 0 spiro atoms. The molecule has 0 saturated heterocycles. The summed E-state index contributed by atoms with van der Waals surface area (Å²) in [6.45, 7) is 6.57. The van der Waals surface area contributed by atoms with Crippen molar-refractivity contribution in [2.24, 2.45) is 0 Å². The number of rotatable bonds is 5. The zero-order chi connectivity index (χ0) is 15.4. The second kappa shape index (κ2) is 7.06. The van der Waals surface area contributed by atoms with Crippen LogP contribution in [0.25, 0.3) is 0 Å². The van der Waals surface area contributed by atoms with Gasteiger partial charge in [-0.25, -0.2) is 4.39 Å². The summed E-state index contributed by atoms with van der Waals surface area (Å²) < 4.78 is 13.8. The minimum atomic E-state index is -0.114. The van der Waals surface area contributed by atoms with Crippen LogP contribution in [0, 0.1) is 19.7 Å². The summed E-state index contributed by atoms with van der Waals surface area (Å²) in [5.74, 6) is -0.114. The van der Waals surface area contributed by atoms with Gasteiger partial charge in [0.15, 0.2) is 0 Å². The van der Waals surface area contributed by atoms with Gasteiger partial charge in [-0.3, -0.25) is 0 Å². The molecule has 21 heavy (non-hydrogen) atoms. The van der Waals surface area contributed by atoms with Crippen LogP contribution in [0.15, 0.2) is 36.4 Å². The van der Waals surface area contributed by atoms with E-state index in [9.17, 15) is 4.39 Å². The van der Waals surface area contributed by atoms with Crippen molar-refractivity contribution in [3.63, 3.8) is 0 Å². The lowest BCUT2D eigenvalue weighted by Gasteiger charge is -2.20. The maximum atomic E-state index is 13.8. The lowest BCUT2D eigenvalue weighted by atomic mass is 9.95. The van der Waals surface area contributed by atoms with E-state index in [-0.39, 0.29) is 11.9 Å². The highest BCUT2D eigenvalue weighted by Gasteiger charge is 2.14. The van der Waals surface area contributed by atoms with E-state index in [1.807, 2.05) is 44.2 Å². The zero-order valence-corrected chi connectivity index (χ0v) is 13.5. The van der Waals surface area contributed by atoms with Crippen LogP contribution in [0.3, 0.4) is 0 Å². The summed E-state index contributed by atoms with van der Waals surface area (Å²) in [6.07, 6.45) is 0.832. The number of halogens is 2. The van der Waals surface area contributed by atoms with E-state index in [2.05, 4.69) is 18.3 Å². The maximum Gasteiger partial charge on any atom is 0.129 e. The summed E-state index contributed by atoms with van der Waals surface area (Å²) >= 11 is 6.05. The first kappa shape index (κ1) is 16.0. The summed E-state index contributed by atoms with van der Waals surface area (Å²) in [5.41, 5.74) is 3.68. The highest BCUT2D eigenvalue weighted by Crippen LogP contribution is 2.24. The molecule has 1 atom stereocenters. The number of benzene rings is 2. The minimum absolute atomic E-state index is 0.114. The minimum Gasteiger partial charge on any atom is -0.310 e. The number of likely N-dealkylation sites (N-methyl/N-ethyl adjacent to an activating group) is 1. The van der Waals surface area contributed by atoms with E-state index in [1.54, 1.807) is 0 Å². The van der Waals surface area contributed by atoms with Crippen LogP contribution in [-0.4, -0.2) is 6.54 Å². The highest BCUT2D eigenvalue weighted by atomic mass is 35.5. The van der Waals surface area contributed by atoms with Crippen LogP contribution < -0.4 is 5.32 Å². The molecule has 2 aromatic carbocycles. The molecule has 0 heterocycles. The van der Waals surface area contributed by atoms with Gasteiger partial charge in [-0.2, -0.15) is 0 Å². The molecule has 1 N–H and O–H groups in total. The summed E-state index contributed by atoms with van der Waals surface area (Å²) in [5, 5.41) is 4.22. The fourth-order valence-electron chi connectivity index (χ4n) is 2.63. The third kappa shape index (κ3) is 4.05. The molecule has 1 unspecified atom stereocenters. The molecule has 0 aliphatic rings. The molecule has 0 fully saturated rings. The van der Waals surface area contributed by atoms with Gasteiger partial charge in [0.25, 0.3) is 0 Å². The Morgan fingerprint density at radius 2 is 1.81 bits per heavy atom. The normalized spacial score (nSPS) is 12.4. The number of hydrogen-bond acceptors (Lipinski definition) is 1. The molecule has 0 saturated carbocycles. The third-order valence-corrected chi connectivity index (χ3v) is 3.88. The molecule has 0 aromatic heterocycles. The second-order valence-corrected chi connectivity index (χ2v) is 5.85. The predicted molar refractivity (Wildman–Crippen MR) is 87.4 cm³/mol. The fourth-order valence-corrected chi connectivity index (χ4v) is 2.85. The fraction of sp³-hybridized carbons (Fsp3) is 0.333. The van der Waals surface area contributed by atoms with Crippen molar-refractivity contribution in [2.75, 3.05) is 6.54 Å². The Morgan fingerprint density at radius 3 is 2.38 bits per heavy atom. The predicted octanol–water partition coefficient (Wildman–Crippen LogP) is 4.99. The lowest BCUT2D eigenvalue weighted by Crippen LogP contribution is -2.23. The van der Waals surface area contributed by atoms with Crippen LogP contribution in [0.2, 0.25) is 5.02 Å². The van der Waals surface area contributed by atoms with Crippen LogP contribution in [-0.2, 0) is 6.42 Å². The molecule has 0 aliphatic heterocycles. The van der Waals surface area contributed by atoms with Gasteiger partial charge in [-0.15, -0.1) is 0 Å². The van der Waals surface area contributed by atoms with Crippen molar-refractivity contribution in [2.45, 2.75) is 33.2 Å². The monoisotopic (exact) mass is 305 g/mol. The Morgan fingerprint density at radius 1 is 1.14 bits per heavy atom. The van der Waals surface area contributed by atoms with Gasteiger partial charge in [0, 0.05) is 11.1 Å². The molecule has 0 aliphatic carbocycles. The van der Waals surface area contributed by atoms with E-state index < -0.39 is 0 Å². The van der Waals surface area contributed by atoms with E-state index in [0.717, 1.165) is 23.6 Å².